The first-order valence-corrected chi connectivity index (χ1v) is 5.58. The van der Waals surface area contributed by atoms with E-state index in [2.05, 4.69) is 15.0 Å². The second kappa shape index (κ2) is 5.98. The zero-order valence-corrected chi connectivity index (χ0v) is 10.8. The van der Waals surface area contributed by atoms with Gasteiger partial charge in [-0.2, -0.15) is 0 Å². The van der Waals surface area contributed by atoms with Gasteiger partial charge >= 0.3 is 5.97 Å². The lowest BCUT2D eigenvalue weighted by Crippen LogP contribution is -2.45. The Morgan fingerprint density at radius 1 is 1.47 bits per heavy atom. The Balaban J connectivity index is 2.81. The predicted molar refractivity (Wildman–Crippen MR) is 65.6 cm³/mol. The molecule has 1 rings (SSSR count). The number of nitrogens with zero attached hydrogens (tertiary/aromatic N) is 1. The molecule has 2 N–H and O–H groups in total. The molecule has 0 bridgehead atoms. The molecule has 19 heavy (non-hydrogen) atoms. The quantitative estimate of drug-likeness (QED) is 0.467. The van der Waals surface area contributed by atoms with Crippen LogP contribution in [0.4, 0.5) is 5.69 Å². The molecule has 0 aromatic carbocycles. The second-order valence-electron chi connectivity index (χ2n) is 4.25. The zero-order chi connectivity index (χ0) is 14.6. The minimum Gasteiger partial charge on any atom is -0.467 e. The number of carbonyl (C=O) groups is 2. The van der Waals surface area contributed by atoms with E-state index in [-0.39, 0.29) is 17.3 Å². The maximum absolute atomic E-state index is 11.8. The number of hydrogen-bond acceptors (Lipinski definition) is 5. The predicted octanol–water partition coefficient (Wildman–Crippen LogP) is 0.850. The molecule has 1 atom stereocenters. The lowest BCUT2D eigenvalue weighted by Gasteiger charge is -2.19. The maximum atomic E-state index is 11.8. The molecule has 1 unspecified atom stereocenters. The molecule has 0 aliphatic heterocycles. The molecule has 0 saturated carbocycles. The number of amides is 1. The monoisotopic (exact) mass is 269 g/mol. The lowest BCUT2D eigenvalue weighted by atomic mass is 10.0. The Hall–Kier alpha value is -2.38. The van der Waals surface area contributed by atoms with E-state index in [1.54, 1.807) is 13.8 Å². The van der Waals surface area contributed by atoms with Gasteiger partial charge in [-0.15, -0.1) is 0 Å². The van der Waals surface area contributed by atoms with E-state index in [1.807, 2.05) is 0 Å². The van der Waals surface area contributed by atoms with Crippen molar-refractivity contribution in [1.82, 2.24) is 10.3 Å². The van der Waals surface area contributed by atoms with Crippen molar-refractivity contribution in [2.75, 3.05) is 7.11 Å². The summed E-state index contributed by atoms with van der Waals surface area (Å²) in [6.45, 7) is 3.50. The maximum Gasteiger partial charge on any atom is 0.328 e. The third kappa shape index (κ3) is 3.54. The van der Waals surface area contributed by atoms with Gasteiger partial charge in [0.25, 0.3) is 11.6 Å². The SMILES string of the molecule is COC(=O)C(NC(=O)c1cc([N+](=O)[O-])c[nH]1)C(C)C. The minimum atomic E-state index is -0.806. The third-order valence-electron chi connectivity index (χ3n) is 2.53. The molecular formula is C11H15N3O5. The van der Waals surface area contributed by atoms with E-state index in [1.165, 1.54) is 7.11 Å². The number of esters is 1. The summed E-state index contributed by atoms with van der Waals surface area (Å²) in [4.78, 5) is 35.7. The number of aromatic amines is 1. The fourth-order valence-corrected chi connectivity index (χ4v) is 1.46. The molecule has 104 valence electrons. The number of H-pyrrole nitrogens is 1. The molecule has 0 aliphatic rings. The molecule has 1 heterocycles. The average Bonchev–Trinajstić information content (AvgIpc) is 2.84. The van der Waals surface area contributed by atoms with Gasteiger partial charge in [0.05, 0.1) is 18.2 Å². The fourth-order valence-electron chi connectivity index (χ4n) is 1.46. The summed E-state index contributed by atoms with van der Waals surface area (Å²) in [6.07, 6.45) is 1.11. The van der Waals surface area contributed by atoms with Crippen LogP contribution in [0.5, 0.6) is 0 Å². The van der Waals surface area contributed by atoms with Crippen molar-refractivity contribution in [3.05, 3.63) is 28.1 Å². The van der Waals surface area contributed by atoms with E-state index in [0.29, 0.717) is 0 Å². The summed E-state index contributed by atoms with van der Waals surface area (Å²) in [5.41, 5.74) is -0.203. The highest BCUT2D eigenvalue weighted by atomic mass is 16.6. The fraction of sp³-hybridized carbons (Fsp3) is 0.455. The van der Waals surface area contributed by atoms with Gasteiger partial charge in [-0.3, -0.25) is 14.9 Å². The van der Waals surface area contributed by atoms with Gasteiger partial charge in [-0.25, -0.2) is 4.79 Å². The number of carbonyl (C=O) groups excluding carboxylic acids is 2. The number of aromatic nitrogens is 1. The highest BCUT2D eigenvalue weighted by molar-refractivity contribution is 5.95. The summed E-state index contributed by atoms with van der Waals surface area (Å²) in [7, 11) is 1.23. The molecule has 1 aromatic heterocycles. The van der Waals surface area contributed by atoms with Crippen LogP contribution in [0.25, 0.3) is 0 Å². The van der Waals surface area contributed by atoms with Crippen molar-refractivity contribution < 1.29 is 19.2 Å². The zero-order valence-electron chi connectivity index (χ0n) is 10.8. The second-order valence-corrected chi connectivity index (χ2v) is 4.25. The van der Waals surface area contributed by atoms with Gasteiger partial charge in [-0.05, 0) is 5.92 Å². The molecule has 1 amide bonds. The molecule has 0 fully saturated rings. The Kier molecular flexibility index (Phi) is 4.62. The average molecular weight is 269 g/mol. The van der Waals surface area contributed by atoms with Crippen LogP contribution in [-0.4, -0.2) is 34.9 Å². The topological polar surface area (TPSA) is 114 Å². The van der Waals surface area contributed by atoms with Crippen LogP contribution >= 0.6 is 0 Å². The smallest absolute Gasteiger partial charge is 0.328 e. The molecule has 0 saturated heterocycles. The Labute approximate surface area is 109 Å². The van der Waals surface area contributed by atoms with E-state index in [4.69, 9.17) is 0 Å². The molecule has 0 aliphatic carbocycles. The Morgan fingerprint density at radius 2 is 2.11 bits per heavy atom. The Morgan fingerprint density at radius 3 is 2.53 bits per heavy atom. The van der Waals surface area contributed by atoms with Crippen LogP contribution in [0.15, 0.2) is 12.3 Å². The summed E-state index contributed by atoms with van der Waals surface area (Å²) >= 11 is 0. The molecule has 8 heteroatoms. The third-order valence-corrected chi connectivity index (χ3v) is 2.53. The molecule has 1 aromatic rings. The first-order chi connectivity index (χ1) is 8.86. The lowest BCUT2D eigenvalue weighted by molar-refractivity contribution is -0.384. The van der Waals surface area contributed by atoms with Crippen LogP contribution in [0, 0.1) is 16.0 Å². The number of rotatable bonds is 5. The van der Waals surface area contributed by atoms with Gasteiger partial charge in [0.1, 0.15) is 11.7 Å². The van der Waals surface area contributed by atoms with Gasteiger partial charge in [0.15, 0.2) is 0 Å². The summed E-state index contributed by atoms with van der Waals surface area (Å²) < 4.78 is 4.58. The van der Waals surface area contributed by atoms with E-state index in [0.717, 1.165) is 12.3 Å². The molecular weight excluding hydrogens is 254 g/mol. The van der Waals surface area contributed by atoms with Gasteiger partial charge in [-0.1, -0.05) is 13.8 Å². The van der Waals surface area contributed by atoms with Crippen molar-refractivity contribution >= 4 is 17.6 Å². The largest absolute Gasteiger partial charge is 0.467 e. The number of ether oxygens (including phenoxy) is 1. The first-order valence-electron chi connectivity index (χ1n) is 5.58. The number of hydrogen-bond donors (Lipinski definition) is 2. The van der Waals surface area contributed by atoms with E-state index >= 15 is 0 Å². The van der Waals surface area contributed by atoms with Crippen molar-refractivity contribution in [3.63, 3.8) is 0 Å². The Bertz CT molecular complexity index is 494. The van der Waals surface area contributed by atoms with Crippen LogP contribution < -0.4 is 5.32 Å². The van der Waals surface area contributed by atoms with Crippen LogP contribution in [0.1, 0.15) is 24.3 Å². The van der Waals surface area contributed by atoms with Crippen molar-refractivity contribution in [2.24, 2.45) is 5.92 Å². The molecule has 8 nitrogen and oxygen atoms in total. The highest BCUT2D eigenvalue weighted by Gasteiger charge is 2.26. The normalized spacial score (nSPS) is 12.0. The van der Waals surface area contributed by atoms with Crippen LogP contribution in [0.3, 0.4) is 0 Å². The van der Waals surface area contributed by atoms with Crippen LogP contribution in [-0.2, 0) is 9.53 Å². The minimum absolute atomic E-state index is 0.0150. The van der Waals surface area contributed by atoms with Crippen molar-refractivity contribution in [1.29, 1.82) is 0 Å². The van der Waals surface area contributed by atoms with Gasteiger partial charge in [0.2, 0.25) is 0 Å². The summed E-state index contributed by atoms with van der Waals surface area (Å²) in [5.74, 6) is -1.33. The van der Waals surface area contributed by atoms with E-state index < -0.39 is 22.8 Å². The molecule has 0 spiro atoms. The number of methoxy groups -OCH3 is 1. The van der Waals surface area contributed by atoms with Gasteiger partial charge < -0.3 is 15.0 Å². The van der Waals surface area contributed by atoms with Crippen LogP contribution in [0.2, 0.25) is 0 Å². The van der Waals surface area contributed by atoms with Crippen molar-refractivity contribution in [2.45, 2.75) is 19.9 Å². The standard InChI is InChI=1S/C11H15N3O5/c1-6(2)9(11(16)19-3)13-10(15)8-4-7(5-12-8)14(17)18/h4-6,9,12H,1-3H3,(H,13,15). The van der Waals surface area contributed by atoms with E-state index in [9.17, 15) is 19.7 Å². The number of nitrogens with one attached hydrogen (secondary N) is 2. The summed E-state index contributed by atoms with van der Waals surface area (Å²) in [6, 6.07) is 0.296. The van der Waals surface area contributed by atoms with Crippen molar-refractivity contribution in [3.8, 4) is 0 Å². The molecule has 0 radical (unpaired) electrons. The summed E-state index contributed by atoms with van der Waals surface area (Å²) in [5, 5.41) is 13.0. The first kappa shape index (κ1) is 14.7. The highest BCUT2D eigenvalue weighted by Crippen LogP contribution is 2.13. The number of nitro groups is 1. The van der Waals surface area contributed by atoms with Gasteiger partial charge in [0, 0.05) is 6.07 Å².